The van der Waals surface area contributed by atoms with E-state index in [0.29, 0.717) is 12.3 Å². The van der Waals surface area contributed by atoms with Crippen molar-refractivity contribution in [1.82, 2.24) is 4.72 Å². The lowest BCUT2D eigenvalue weighted by Gasteiger charge is -2.13. The van der Waals surface area contributed by atoms with Crippen LogP contribution in [0.15, 0.2) is 0 Å². The minimum Gasteiger partial charge on any atom is -0.210 e. The van der Waals surface area contributed by atoms with E-state index in [-0.39, 0.29) is 12.0 Å². The SMILES string of the molecule is O=S(=O)(NCC1(CCCl)CC1)C(F)F. The number of hydrogen-bond acceptors (Lipinski definition) is 2. The molecule has 14 heavy (non-hydrogen) atoms. The maximum absolute atomic E-state index is 11.9. The summed E-state index contributed by atoms with van der Waals surface area (Å²) in [5.41, 5.74) is -0.163. The highest BCUT2D eigenvalue weighted by molar-refractivity contribution is 7.89. The molecule has 0 heterocycles. The normalized spacial score (nSPS) is 20.0. The largest absolute Gasteiger partial charge is 0.350 e. The van der Waals surface area contributed by atoms with Crippen LogP contribution in [0.25, 0.3) is 0 Å². The van der Waals surface area contributed by atoms with Gasteiger partial charge >= 0.3 is 5.76 Å². The summed E-state index contributed by atoms with van der Waals surface area (Å²) < 4.78 is 47.2. The predicted molar refractivity (Wildman–Crippen MR) is 49.9 cm³/mol. The minimum atomic E-state index is -4.44. The molecule has 1 aliphatic carbocycles. The molecule has 1 rings (SSSR count). The molecule has 0 atom stereocenters. The molecule has 0 aromatic rings. The number of hydrogen-bond donors (Lipinski definition) is 1. The molecule has 0 bridgehead atoms. The van der Waals surface area contributed by atoms with Crippen LogP contribution in [0.3, 0.4) is 0 Å². The maximum atomic E-state index is 11.9. The van der Waals surface area contributed by atoms with E-state index in [1.807, 2.05) is 4.72 Å². The Balaban J connectivity index is 2.41. The third-order valence-electron chi connectivity index (χ3n) is 2.46. The van der Waals surface area contributed by atoms with Gasteiger partial charge in [-0.15, -0.1) is 11.6 Å². The zero-order valence-electron chi connectivity index (χ0n) is 7.47. The third-order valence-corrected chi connectivity index (χ3v) is 3.67. The summed E-state index contributed by atoms with van der Waals surface area (Å²) in [5.74, 6) is -2.93. The minimum absolute atomic E-state index is 0.0758. The van der Waals surface area contributed by atoms with E-state index in [9.17, 15) is 17.2 Å². The number of rotatable bonds is 6. The van der Waals surface area contributed by atoms with Gasteiger partial charge in [0.25, 0.3) is 10.0 Å². The Morgan fingerprint density at radius 3 is 2.36 bits per heavy atom. The Hall–Kier alpha value is 0.0600. The molecule has 0 spiro atoms. The first-order valence-electron chi connectivity index (χ1n) is 4.24. The number of halogens is 3. The van der Waals surface area contributed by atoms with Crippen LogP contribution in [-0.4, -0.2) is 26.6 Å². The topological polar surface area (TPSA) is 46.2 Å². The van der Waals surface area contributed by atoms with Crippen molar-refractivity contribution < 1.29 is 17.2 Å². The van der Waals surface area contributed by atoms with Gasteiger partial charge in [0.05, 0.1) is 0 Å². The molecule has 1 N–H and O–H groups in total. The third kappa shape index (κ3) is 3.03. The average molecular weight is 248 g/mol. The summed E-state index contributed by atoms with van der Waals surface area (Å²) in [5, 5.41) is 0. The van der Waals surface area contributed by atoms with Crippen molar-refractivity contribution >= 4 is 21.6 Å². The molecule has 0 aliphatic heterocycles. The summed E-state index contributed by atoms with van der Waals surface area (Å²) in [6.45, 7) is 0.0758. The fourth-order valence-corrected chi connectivity index (χ4v) is 2.24. The molecular formula is C7H12ClF2NO2S. The lowest BCUT2D eigenvalue weighted by Crippen LogP contribution is -2.34. The summed E-state index contributed by atoms with van der Waals surface area (Å²) >= 11 is 5.51. The highest BCUT2D eigenvalue weighted by Crippen LogP contribution is 2.48. The molecule has 1 fully saturated rings. The van der Waals surface area contributed by atoms with Crippen molar-refractivity contribution in [2.24, 2.45) is 5.41 Å². The Morgan fingerprint density at radius 2 is 2.00 bits per heavy atom. The van der Waals surface area contributed by atoms with Gasteiger partial charge in [-0.05, 0) is 24.7 Å². The van der Waals surface area contributed by atoms with Gasteiger partial charge in [0.2, 0.25) is 0 Å². The van der Waals surface area contributed by atoms with E-state index < -0.39 is 15.8 Å². The van der Waals surface area contributed by atoms with Gasteiger partial charge in [-0.3, -0.25) is 0 Å². The monoisotopic (exact) mass is 247 g/mol. The van der Waals surface area contributed by atoms with Crippen LogP contribution in [0.2, 0.25) is 0 Å². The fourth-order valence-electron chi connectivity index (χ4n) is 1.21. The van der Waals surface area contributed by atoms with Crippen LogP contribution in [0.1, 0.15) is 19.3 Å². The number of alkyl halides is 3. The van der Waals surface area contributed by atoms with Gasteiger partial charge < -0.3 is 0 Å². The lowest BCUT2D eigenvalue weighted by atomic mass is 10.1. The zero-order valence-corrected chi connectivity index (χ0v) is 9.04. The van der Waals surface area contributed by atoms with Crippen LogP contribution in [0.4, 0.5) is 8.78 Å². The molecule has 0 radical (unpaired) electrons. The zero-order chi connectivity index (χ0) is 10.8. The average Bonchev–Trinajstić information content (AvgIpc) is 2.83. The van der Waals surface area contributed by atoms with E-state index in [1.54, 1.807) is 0 Å². The second kappa shape index (κ2) is 4.28. The second-order valence-electron chi connectivity index (χ2n) is 3.57. The van der Waals surface area contributed by atoms with Gasteiger partial charge in [0.1, 0.15) is 0 Å². The summed E-state index contributed by atoms with van der Waals surface area (Å²) in [4.78, 5) is 0. The summed E-state index contributed by atoms with van der Waals surface area (Å²) in [6, 6.07) is 0. The van der Waals surface area contributed by atoms with Gasteiger partial charge in [-0.1, -0.05) is 0 Å². The number of nitrogens with one attached hydrogen (secondary N) is 1. The van der Waals surface area contributed by atoms with Crippen molar-refractivity contribution in [1.29, 1.82) is 0 Å². The Bertz CT molecular complexity index is 290. The van der Waals surface area contributed by atoms with Crippen molar-refractivity contribution in [3.63, 3.8) is 0 Å². The first-order chi connectivity index (χ1) is 6.42. The first kappa shape index (κ1) is 12.1. The lowest BCUT2D eigenvalue weighted by molar-refractivity contribution is 0.231. The molecule has 0 unspecified atom stereocenters. The van der Waals surface area contributed by atoms with Crippen molar-refractivity contribution in [3.8, 4) is 0 Å². The molecule has 3 nitrogen and oxygen atoms in total. The van der Waals surface area contributed by atoms with Crippen LogP contribution in [0.5, 0.6) is 0 Å². The second-order valence-corrected chi connectivity index (χ2v) is 5.68. The molecule has 0 amide bonds. The van der Waals surface area contributed by atoms with E-state index in [4.69, 9.17) is 11.6 Å². The molecule has 0 aromatic heterocycles. The van der Waals surface area contributed by atoms with Crippen LogP contribution >= 0.6 is 11.6 Å². The van der Waals surface area contributed by atoms with Crippen LogP contribution in [0, 0.1) is 5.41 Å². The van der Waals surface area contributed by atoms with Gasteiger partial charge in [0, 0.05) is 12.4 Å². The molecule has 0 saturated heterocycles. The van der Waals surface area contributed by atoms with Crippen molar-refractivity contribution in [3.05, 3.63) is 0 Å². The fraction of sp³-hybridized carbons (Fsp3) is 1.00. The van der Waals surface area contributed by atoms with Gasteiger partial charge in [0.15, 0.2) is 0 Å². The Morgan fingerprint density at radius 1 is 1.43 bits per heavy atom. The quantitative estimate of drug-likeness (QED) is 0.724. The summed E-state index contributed by atoms with van der Waals surface area (Å²) in [6.07, 6.45) is 2.37. The predicted octanol–water partition coefficient (Wildman–Crippen LogP) is 1.54. The Kier molecular flexibility index (Phi) is 3.71. The summed E-state index contributed by atoms with van der Waals surface area (Å²) in [7, 11) is -4.44. The first-order valence-corrected chi connectivity index (χ1v) is 6.33. The van der Waals surface area contributed by atoms with Crippen molar-refractivity contribution in [2.75, 3.05) is 12.4 Å². The van der Waals surface area contributed by atoms with Crippen LogP contribution in [-0.2, 0) is 10.0 Å². The van der Waals surface area contributed by atoms with E-state index in [1.165, 1.54) is 0 Å². The highest BCUT2D eigenvalue weighted by Gasteiger charge is 2.43. The van der Waals surface area contributed by atoms with E-state index in [2.05, 4.69) is 0 Å². The molecule has 1 saturated carbocycles. The van der Waals surface area contributed by atoms with Crippen LogP contribution < -0.4 is 4.72 Å². The van der Waals surface area contributed by atoms with Crippen molar-refractivity contribution in [2.45, 2.75) is 25.0 Å². The van der Waals surface area contributed by atoms with E-state index >= 15 is 0 Å². The number of sulfonamides is 1. The smallest absolute Gasteiger partial charge is 0.210 e. The van der Waals surface area contributed by atoms with Gasteiger partial charge in [-0.25, -0.2) is 13.1 Å². The molecule has 0 aromatic carbocycles. The highest BCUT2D eigenvalue weighted by atomic mass is 35.5. The van der Waals surface area contributed by atoms with Gasteiger partial charge in [-0.2, -0.15) is 8.78 Å². The maximum Gasteiger partial charge on any atom is 0.350 e. The molecule has 84 valence electrons. The molecule has 1 aliphatic rings. The van der Waals surface area contributed by atoms with E-state index in [0.717, 1.165) is 12.8 Å². The molecular weight excluding hydrogens is 236 g/mol. The standard InChI is InChI=1S/C7H12ClF2NO2S/c8-4-3-7(1-2-7)5-11-14(12,13)6(9)10/h6,11H,1-5H2. The molecule has 7 heteroatoms. The Labute approximate surface area is 86.9 Å².